The summed E-state index contributed by atoms with van der Waals surface area (Å²) in [4.78, 5) is 11.5. The minimum atomic E-state index is -0.289. The van der Waals surface area contributed by atoms with Gasteiger partial charge in [-0.2, -0.15) is 5.26 Å². The van der Waals surface area contributed by atoms with Crippen LogP contribution in [-0.2, 0) is 6.54 Å². The van der Waals surface area contributed by atoms with Crippen LogP contribution in [0.2, 0.25) is 0 Å². The Morgan fingerprint density at radius 1 is 1.35 bits per heavy atom. The normalized spacial score (nSPS) is 9.59. The average molecular weight is 227 g/mol. The SMILES string of the molecule is N#Cc1ccc(CNC(=O)c2ccon2)cc1. The summed E-state index contributed by atoms with van der Waals surface area (Å²) in [5.41, 5.74) is 1.76. The van der Waals surface area contributed by atoms with E-state index in [1.165, 1.54) is 12.3 Å². The van der Waals surface area contributed by atoms with Crippen molar-refractivity contribution >= 4 is 5.91 Å². The van der Waals surface area contributed by atoms with E-state index in [1.54, 1.807) is 24.3 Å². The molecule has 5 nitrogen and oxygen atoms in total. The summed E-state index contributed by atoms with van der Waals surface area (Å²) in [5, 5.41) is 14.9. The van der Waals surface area contributed by atoms with Gasteiger partial charge in [0, 0.05) is 12.6 Å². The third-order valence-corrected chi connectivity index (χ3v) is 2.21. The van der Waals surface area contributed by atoms with E-state index in [-0.39, 0.29) is 11.6 Å². The van der Waals surface area contributed by atoms with Gasteiger partial charge in [-0.1, -0.05) is 17.3 Å². The molecule has 0 aliphatic heterocycles. The van der Waals surface area contributed by atoms with Crippen LogP contribution in [0, 0.1) is 11.3 Å². The van der Waals surface area contributed by atoms with Gasteiger partial charge in [0.25, 0.3) is 5.91 Å². The van der Waals surface area contributed by atoms with Crippen LogP contribution in [0.5, 0.6) is 0 Å². The molecule has 17 heavy (non-hydrogen) atoms. The zero-order chi connectivity index (χ0) is 12.1. The Bertz CT molecular complexity index is 538. The largest absolute Gasteiger partial charge is 0.364 e. The molecule has 1 heterocycles. The Morgan fingerprint density at radius 2 is 2.12 bits per heavy atom. The van der Waals surface area contributed by atoms with E-state index < -0.39 is 0 Å². The number of carbonyl (C=O) groups excluding carboxylic acids is 1. The van der Waals surface area contributed by atoms with Gasteiger partial charge < -0.3 is 9.84 Å². The number of rotatable bonds is 3. The zero-order valence-corrected chi connectivity index (χ0v) is 8.88. The van der Waals surface area contributed by atoms with Gasteiger partial charge in [0.15, 0.2) is 5.69 Å². The van der Waals surface area contributed by atoms with E-state index in [0.717, 1.165) is 5.56 Å². The lowest BCUT2D eigenvalue weighted by molar-refractivity contribution is 0.0942. The molecule has 84 valence electrons. The number of nitrogens with one attached hydrogen (secondary N) is 1. The van der Waals surface area contributed by atoms with Gasteiger partial charge in [-0.3, -0.25) is 4.79 Å². The highest BCUT2D eigenvalue weighted by atomic mass is 16.5. The Hall–Kier alpha value is -2.61. The fourth-order valence-corrected chi connectivity index (χ4v) is 1.30. The van der Waals surface area contributed by atoms with E-state index in [0.29, 0.717) is 12.1 Å². The van der Waals surface area contributed by atoms with Crippen LogP contribution >= 0.6 is 0 Å². The maximum atomic E-state index is 11.5. The van der Waals surface area contributed by atoms with Gasteiger partial charge in [0.05, 0.1) is 11.6 Å². The van der Waals surface area contributed by atoms with Gasteiger partial charge in [-0.05, 0) is 17.7 Å². The molecule has 2 aromatic rings. The van der Waals surface area contributed by atoms with Crippen molar-refractivity contribution in [2.75, 3.05) is 0 Å². The molecule has 0 fully saturated rings. The molecule has 0 spiro atoms. The highest BCUT2D eigenvalue weighted by Gasteiger charge is 2.07. The predicted octanol–water partition coefficient (Wildman–Crippen LogP) is 1.48. The van der Waals surface area contributed by atoms with Crippen molar-refractivity contribution in [2.45, 2.75) is 6.54 Å². The number of amides is 1. The number of hydrogen-bond donors (Lipinski definition) is 1. The Labute approximate surface area is 97.7 Å². The van der Waals surface area contributed by atoms with E-state index in [1.807, 2.05) is 6.07 Å². The number of nitriles is 1. The van der Waals surface area contributed by atoms with Gasteiger partial charge >= 0.3 is 0 Å². The van der Waals surface area contributed by atoms with Gasteiger partial charge in [-0.15, -0.1) is 0 Å². The van der Waals surface area contributed by atoms with Crippen LogP contribution in [0.15, 0.2) is 41.1 Å². The first-order chi connectivity index (χ1) is 8.29. The summed E-state index contributed by atoms with van der Waals surface area (Å²) < 4.78 is 4.57. The lowest BCUT2D eigenvalue weighted by Crippen LogP contribution is -2.22. The third-order valence-electron chi connectivity index (χ3n) is 2.21. The molecule has 0 bridgehead atoms. The minimum absolute atomic E-state index is 0.249. The van der Waals surface area contributed by atoms with E-state index >= 15 is 0 Å². The monoisotopic (exact) mass is 227 g/mol. The highest BCUT2D eigenvalue weighted by molar-refractivity contribution is 5.91. The van der Waals surface area contributed by atoms with E-state index in [4.69, 9.17) is 5.26 Å². The standard InChI is InChI=1S/C12H9N3O2/c13-7-9-1-3-10(4-2-9)8-14-12(16)11-5-6-17-15-11/h1-6H,8H2,(H,14,16). The number of aromatic nitrogens is 1. The molecule has 0 aliphatic rings. The van der Waals surface area contributed by atoms with Crippen molar-refractivity contribution in [3.8, 4) is 6.07 Å². The molecule has 2 rings (SSSR count). The third kappa shape index (κ3) is 2.69. The summed E-state index contributed by atoms with van der Waals surface area (Å²) in [7, 11) is 0. The molecular weight excluding hydrogens is 218 g/mol. The molecule has 1 aromatic carbocycles. The molecule has 5 heteroatoms. The maximum absolute atomic E-state index is 11.5. The molecule has 0 saturated heterocycles. The predicted molar refractivity (Wildman–Crippen MR) is 58.8 cm³/mol. The fraction of sp³-hybridized carbons (Fsp3) is 0.0833. The maximum Gasteiger partial charge on any atom is 0.273 e. The summed E-state index contributed by atoms with van der Waals surface area (Å²) in [6, 6.07) is 10.5. The lowest BCUT2D eigenvalue weighted by Gasteiger charge is -2.02. The molecule has 0 aliphatic carbocycles. The summed E-state index contributed by atoms with van der Waals surface area (Å²) in [6.07, 6.45) is 1.34. The number of hydrogen-bond acceptors (Lipinski definition) is 4. The zero-order valence-electron chi connectivity index (χ0n) is 8.88. The molecule has 1 aromatic heterocycles. The van der Waals surface area contributed by atoms with E-state index in [2.05, 4.69) is 15.0 Å². The van der Waals surface area contributed by atoms with Crippen LogP contribution < -0.4 is 5.32 Å². The van der Waals surface area contributed by atoms with Crippen LogP contribution in [0.4, 0.5) is 0 Å². The number of nitrogens with zero attached hydrogens (tertiary/aromatic N) is 2. The lowest BCUT2D eigenvalue weighted by atomic mass is 10.1. The van der Waals surface area contributed by atoms with Crippen LogP contribution in [0.1, 0.15) is 21.6 Å². The van der Waals surface area contributed by atoms with Gasteiger partial charge in [0.2, 0.25) is 0 Å². The Balaban J connectivity index is 1.94. The van der Waals surface area contributed by atoms with Gasteiger partial charge in [-0.25, -0.2) is 0 Å². The summed E-state index contributed by atoms with van der Waals surface area (Å²) in [5.74, 6) is -0.289. The first kappa shape index (κ1) is 10.9. The molecule has 0 atom stereocenters. The van der Waals surface area contributed by atoms with Crippen molar-refractivity contribution in [2.24, 2.45) is 0 Å². The molecule has 1 amide bonds. The Morgan fingerprint density at radius 3 is 2.71 bits per heavy atom. The molecular formula is C12H9N3O2. The van der Waals surface area contributed by atoms with Crippen molar-refractivity contribution < 1.29 is 9.32 Å². The summed E-state index contributed by atoms with van der Waals surface area (Å²) >= 11 is 0. The van der Waals surface area contributed by atoms with Crippen molar-refractivity contribution in [3.05, 3.63) is 53.4 Å². The van der Waals surface area contributed by atoms with Crippen LogP contribution in [0.3, 0.4) is 0 Å². The first-order valence-electron chi connectivity index (χ1n) is 4.97. The molecule has 0 saturated carbocycles. The van der Waals surface area contributed by atoms with Crippen molar-refractivity contribution in [3.63, 3.8) is 0 Å². The van der Waals surface area contributed by atoms with Crippen LogP contribution in [0.25, 0.3) is 0 Å². The van der Waals surface area contributed by atoms with Gasteiger partial charge in [0.1, 0.15) is 6.26 Å². The highest BCUT2D eigenvalue weighted by Crippen LogP contribution is 2.03. The quantitative estimate of drug-likeness (QED) is 0.861. The number of carbonyl (C=O) groups is 1. The average Bonchev–Trinajstić information content (AvgIpc) is 2.90. The van der Waals surface area contributed by atoms with Crippen LogP contribution in [-0.4, -0.2) is 11.1 Å². The number of benzene rings is 1. The molecule has 0 unspecified atom stereocenters. The first-order valence-corrected chi connectivity index (χ1v) is 4.97. The van der Waals surface area contributed by atoms with E-state index in [9.17, 15) is 4.79 Å². The Kier molecular flexibility index (Phi) is 3.17. The van der Waals surface area contributed by atoms with Crippen molar-refractivity contribution in [1.82, 2.24) is 10.5 Å². The smallest absolute Gasteiger partial charge is 0.273 e. The topological polar surface area (TPSA) is 78.9 Å². The molecule has 1 N–H and O–H groups in total. The second-order valence-electron chi connectivity index (χ2n) is 3.38. The fourth-order valence-electron chi connectivity index (χ4n) is 1.30. The van der Waals surface area contributed by atoms with Crippen molar-refractivity contribution in [1.29, 1.82) is 5.26 Å². The second-order valence-corrected chi connectivity index (χ2v) is 3.38. The molecule has 0 radical (unpaired) electrons. The summed E-state index contributed by atoms with van der Waals surface area (Å²) in [6.45, 7) is 0.386. The minimum Gasteiger partial charge on any atom is -0.364 e. The second kappa shape index (κ2) is 4.94.